The van der Waals surface area contributed by atoms with Crippen LogP contribution in [0.5, 0.6) is 0 Å². The number of nitrogens with one attached hydrogen (secondary N) is 3. The van der Waals surface area contributed by atoms with Gasteiger partial charge in [0.15, 0.2) is 5.96 Å². The van der Waals surface area contributed by atoms with Gasteiger partial charge in [0.25, 0.3) is 0 Å². The van der Waals surface area contributed by atoms with E-state index < -0.39 is 0 Å². The molecule has 142 valence electrons. The van der Waals surface area contributed by atoms with Gasteiger partial charge in [0.2, 0.25) is 5.91 Å². The molecule has 0 unspecified atom stereocenters. The second kappa shape index (κ2) is 12.4. The van der Waals surface area contributed by atoms with Gasteiger partial charge >= 0.3 is 0 Å². The Morgan fingerprint density at radius 3 is 2.48 bits per heavy atom. The van der Waals surface area contributed by atoms with Crippen molar-refractivity contribution in [2.24, 2.45) is 10.4 Å². The third-order valence-electron chi connectivity index (χ3n) is 3.37. The summed E-state index contributed by atoms with van der Waals surface area (Å²) < 4.78 is 0. The van der Waals surface area contributed by atoms with Gasteiger partial charge in [-0.25, -0.2) is 0 Å². The molecule has 1 aromatic rings. The van der Waals surface area contributed by atoms with Crippen molar-refractivity contribution in [1.82, 2.24) is 16.0 Å². The number of halogens is 2. The number of benzene rings is 1. The first-order valence-corrected chi connectivity index (χ1v) is 8.71. The van der Waals surface area contributed by atoms with Crippen molar-refractivity contribution in [2.45, 2.75) is 34.1 Å². The van der Waals surface area contributed by atoms with E-state index >= 15 is 0 Å². The second-order valence-corrected chi connectivity index (χ2v) is 7.01. The van der Waals surface area contributed by atoms with E-state index in [1.165, 1.54) is 12.5 Å². The van der Waals surface area contributed by atoms with E-state index in [0.717, 1.165) is 23.9 Å². The molecule has 0 bridgehead atoms. The van der Waals surface area contributed by atoms with E-state index in [1.54, 1.807) is 0 Å². The van der Waals surface area contributed by atoms with Gasteiger partial charge in [0.05, 0.1) is 0 Å². The zero-order valence-corrected chi connectivity index (χ0v) is 18.6. The monoisotopic (exact) mass is 480 g/mol. The molecule has 1 amide bonds. The summed E-state index contributed by atoms with van der Waals surface area (Å²) in [6, 6.07) is 7.96. The van der Waals surface area contributed by atoms with Crippen molar-refractivity contribution in [2.75, 3.05) is 26.2 Å². The Balaban J connectivity index is 0.00000576. The van der Waals surface area contributed by atoms with Crippen molar-refractivity contribution in [1.29, 1.82) is 0 Å². The summed E-state index contributed by atoms with van der Waals surface area (Å²) in [5, 5.41) is 9.97. The predicted octanol–water partition coefficient (Wildman–Crippen LogP) is 3.22. The van der Waals surface area contributed by atoms with E-state index in [9.17, 15) is 4.79 Å². The lowest BCUT2D eigenvalue weighted by atomic mass is 9.86. The van der Waals surface area contributed by atoms with Gasteiger partial charge in [-0.1, -0.05) is 37.6 Å². The average molecular weight is 481 g/mol. The van der Waals surface area contributed by atoms with Crippen molar-refractivity contribution in [3.63, 3.8) is 0 Å². The van der Waals surface area contributed by atoms with Gasteiger partial charge in [-0.05, 0) is 36.5 Å². The highest BCUT2D eigenvalue weighted by molar-refractivity contribution is 14.0. The fourth-order valence-corrected chi connectivity index (χ4v) is 2.52. The van der Waals surface area contributed by atoms with Crippen molar-refractivity contribution >= 4 is 47.4 Å². The number of nitrogens with zero attached hydrogens (tertiary/aromatic N) is 1. The van der Waals surface area contributed by atoms with Gasteiger partial charge in [-0.15, -0.1) is 24.0 Å². The topological polar surface area (TPSA) is 65.5 Å². The molecule has 1 aromatic carbocycles. The fraction of sp³-hybridized carbons (Fsp3) is 0.556. The molecule has 1 rings (SSSR count). The highest BCUT2D eigenvalue weighted by Gasteiger charge is 2.18. The molecule has 0 aliphatic heterocycles. The van der Waals surface area contributed by atoms with Crippen LogP contribution in [0, 0.1) is 5.41 Å². The van der Waals surface area contributed by atoms with Crippen molar-refractivity contribution < 1.29 is 4.79 Å². The van der Waals surface area contributed by atoms with Crippen LogP contribution in [0.4, 0.5) is 0 Å². The summed E-state index contributed by atoms with van der Waals surface area (Å²) in [7, 11) is 0. The van der Waals surface area contributed by atoms with Gasteiger partial charge < -0.3 is 16.0 Å². The van der Waals surface area contributed by atoms with E-state index in [-0.39, 0.29) is 35.3 Å². The second-order valence-electron chi connectivity index (χ2n) is 6.58. The van der Waals surface area contributed by atoms with Crippen LogP contribution < -0.4 is 16.0 Å². The van der Waals surface area contributed by atoms with Crippen LogP contribution in [0.3, 0.4) is 0 Å². The van der Waals surface area contributed by atoms with Crippen LogP contribution in [0.1, 0.15) is 33.3 Å². The van der Waals surface area contributed by atoms with Crippen LogP contribution in [0.15, 0.2) is 29.3 Å². The van der Waals surface area contributed by atoms with Gasteiger partial charge in [0.1, 0.15) is 0 Å². The van der Waals surface area contributed by atoms with Crippen LogP contribution in [0.25, 0.3) is 0 Å². The number of amides is 1. The lowest BCUT2D eigenvalue weighted by molar-refractivity contribution is -0.118. The summed E-state index contributed by atoms with van der Waals surface area (Å²) in [5.41, 5.74) is 1.23. The minimum atomic E-state index is -0.0265. The fourth-order valence-electron chi connectivity index (χ4n) is 2.31. The number of carbonyl (C=O) groups excluding carboxylic acids is 1. The van der Waals surface area contributed by atoms with Crippen LogP contribution in [-0.2, 0) is 11.2 Å². The highest BCUT2D eigenvalue weighted by Crippen LogP contribution is 2.23. The Kier molecular flexibility index (Phi) is 11.8. The number of hydrogen-bond donors (Lipinski definition) is 3. The number of carbonyl (C=O) groups is 1. The smallest absolute Gasteiger partial charge is 0.216 e. The maximum Gasteiger partial charge on any atom is 0.216 e. The first kappa shape index (κ1) is 24.0. The molecule has 0 aliphatic rings. The van der Waals surface area contributed by atoms with Gasteiger partial charge in [-0.2, -0.15) is 0 Å². The molecule has 0 fully saturated rings. The molecule has 0 saturated carbocycles. The van der Waals surface area contributed by atoms with Crippen molar-refractivity contribution in [3.05, 3.63) is 34.9 Å². The molecule has 0 heterocycles. The minimum Gasteiger partial charge on any atom is -0.357 e. The van der Waals surface area contributed by atoms with E-state index in [1.807, 2.05) is 25.1 Å². The maximum atomic E-state index is 10.9. The molecular formula is C18H30ClIN4O. The number of hydrogen-bond acceptors (Lipinski definition) is 2. The van der Waals surface area contributed by atoms with E-state index in [4.69, 9.17) is 11.6 Å². The van der Waals surface area contributed by atoms with Crippen LogP contribution in [-0.4, -0.2) is 38.0 Å². The molecule has 0 radical (unpaired) electrons. The standard InChI is InChI=1S/C18H29ClN4O.HI/c1-5-20-17(22-10-9-21-14(2)24)23-13-18(3,4)12-15-7-6-8-16(19)11-15;/h6-8,11H,5,9-10,12-13H2,1-4H3,(H,21,24)(H2,20,22,23);1H. The summed E-state index contributed by atoms with van der Waals surface area (Å²) in [6.07, 6.45) is 0.905. The summed E-state index contributed by atoms with van der Waals surface area (Å²) >= 11 is 6.06. The zero-order chi connectivity index (χ0) is 18.0. The average Bonchev–Trinajstić information content (AvgIpc) is 2.48. The molecule has 0 spiro atoms. The Morgan fingerprint density at radius 1 is 1.20 bits per heavy atom. The first-order chi connectivity index (χ1) is 11.3. The normalized spacial score (nSPS) is 11.5. The molecular weight excluding hydrogens is 451 g/mol. The molecule has 3 N–H and O–H groups in total. The Hall–Kier alpha value is -1.02. The predicted molar refractivity (Wildman–Crippen MR) is 117 cm³/mol. The van der Waals surface area contributed by atoms with Gasteiger partial charge in [0, 0.05) is 38.1 Å². The third kappa shape index (κ3) is 11.3. The van der Waals surface area contributed by atoms with Crippen LogP contribution in [0.2, 0.25) is 5.02 Å². The Bertz CT molecular complexity index is 564. The summed E-state index contributed by atoms with van der Waals surface area (Å²) in [6.45, 7) is 10.6. The van der Waals surface area contributed by atoms with Gasteiger partial charge in [-0.3, -0.25) is 9.79 Å². The number of aliphatic imine (C=N–C) groups is 1. The lowest BCUT2D eigenvalue weighted by Gasteiger charge is -2.23. The Labute approximate surface area is 173 Å². The molecule has 5 nitrogen and oxygen atoms in total. The first-order valence-electron chi connectivity index (χ1n) is 8.33. The summed E-state index contributed by atoms with van der Waals surface area (Å²) in [5.74, 6) is 0.739. The molecule has 0 aliphatic carbocycles. The zero-order valence-electron chi connectivity index (χ0n) is 15.5. The Morgan fingerprint density at radius 2 is 1.88 bits per heavy atom. The SMILES string of the molecule is CCNC(=NCC(C)(C)Cc1cccc(Cl)c1)NCCNC(C)=O.I. The third-order valence-corrected chi connectivity index (χ3v) is 3.61. The van der Waals surface area contributed by atoms with E-state index in [2.05, 4.69) is 40.9 Å². The quantitative estimate of drug-likeness (QED) is 0.232. The maximum absolute atomic E-state index is 10.9. The molecule has 7 heteroatoms. The van der Waals surface area contributed by atoms with Crippen molar-refractivity contribution in [3.8, 4) is 0 Å². The number of guanidine groups is 1. The molecule has 0 aromatic heterocycles. The van der Waals surface area contributed by atoms with Crippen LogP contribution >= 0.6 is 35.6 Å². The lowest BCUT2D eigenvalue weighted by Crippen LogP contribution is -2.41. The molecule has 25 heavy (non-hydrogen) atoms. The molecule has 0 saturated heterocycles. The van der Waals surface area contributed by atoms with E-state index in [0.29, 0.717) is 19.6 Å². The molecule has 0 atom stereocenters. The largest absolute Gasteiger partial charge is 0.357 e. The summed E-state index contributed by atoms with van der Waals surface area (Å²) in [4.78, 5) is 15.5. The number of rotatable bonds is 8. The minimum absolute atomic E-state index is 0. The highest BCUT2D eigenvalue weighted by atomic mass is 127.